The first-order valence-corrected chi connectivity index (χ1v) is 5.61. The second-order valence-corrected chi connectivity index (χ2v) is 4.06. The summed E-state index contributed by atoms with van der Waals surface area (Å²) in [7, 11) is 0. The van der Waals surface area contributed by atoms with Crippen LogP contribution >= 0.6 is 12.6 Å². The van der Waals surface area contributed by atoms with E-state index in [2.05, 4.69) is 24.0 Å². The number of nitrogens with one attached hydrogen (secondary N) is 1. The molecule has 2 nitrogen and oxygen atoms in total. The second kappa shape index (κ2) is 4.24. The molecule has 1 aromatic carbocycles. The molecule has 14 heavy (non-hydrogen) atoms. The topological polar surface area (TPSA) is 32.3 Å². The summed E-state index contributed by atoms with van der Waals surface area (Å²) in [5.41, 5.74) is 2.35. The number of fused-ring (bicyclic) bond motifs is 1. The van der Waals surface area contributed by atoms with E-state index in [1.165, 1.54) is 5.56 Å². The van der Waals surface area contributed by atoms with Crippen molar-refractivity contribution in [2.45, 2.75) is 18.9 Å². The van der Waals surface area contributed by atoms with E-state index in [0.29, 0.717) is 11.8 Å². The standard InChI is InChI=1S/C11H15NOS/c13-11-3-1-2-8-9(11)4-6-12-10(8)5-7-14/h1-3,10,12-14H,4-7H2. The Morgan fingerprint density at radius 3 is 3.14 bits per heavy atom. The van der Waals surface area contributed by atoms with Gasteiger partial charge in [-0.3, -0.25) is 0 Å². The zero-order chi connectivity index (χ0) is 9.97. The molecular formula is C11H15NOS. The Hall–Kier alpha value is -0.670. The zero-order valence-corrected chi connectivity index (χ0v) is 8.93. The van der Waals surface area contributed by atoms with Gasteiger partial charge in [0.05, 0.1) is 0 Å². The summed E-state index contributed by atoms with van der Waals surface area (Å²) in [6.45, 7) is 0.947. The average molecular weight is 209 g/mol. The lowest BCUT2D eigenvalue weighted by molar-refractivity contribution is 0.443. The molecule has 0 fully saturated rings. The molecule has 0 radical (unpaired) electrons. The average Bonchev–Trinajstić information content (AvgIpc) is 2.20. The largest absolute Gasteiger partial charge is 0.508 e. The van der Waals surface area contributed by atoms with Crippen LogP contribution in [-0.2, 0) is 6.42 Å². The predicted molar refractivity (Wildman–Crippen MR) is 61.0 cm³/mol. The molecule has 1 atom stereocenters. The number of aromatic hydroxyl groups is 1. The predicted octanol–water partition coefficient (Wildman–Crippen LogP) is 1.90. The lowest BCUT2D eigenvalue weighted by Crippen LogP contribution is -2.30. The summed E-state index contributed by atoms with van der Waals surface area (Å²) >= 11 is 4.25. The normalized spacial score (nSPS) is 20.5. The van der Waals surface area contributed by atoms with Crippen LogP contribution in [0.1, 0.15) is 23.6 Å². The Labute approximate surface area is 89.7 Å². The molecule has 0 saturated carbocycles. The molecule has 0 bridgehead atoms. The molecule has 1 aliphatic rings. The highest BCUT2D eigenvalue weighted by molar-refractivity contribution is 7.80. The fourth-order valence-corrected chi connectivity index (χ4v) is 2.32. The first-order valence-electron chi connectivity index (χ1n) is 4.98. The third-order valence-corrected chi connectivity index (χ3v) is 3.00. The lowest BCUT2D eigenvalue weighted by atomic mass is 9.92. The van der Waals surface area contributed by atoms with Gasteiger partial charge in [-0.05, 0) is 42.3 Å². The summed E-state index contributed by atoms with van der Waals surface area (Å²) in [6.07, 6.45) is 1.94. The molecule has 0 aromatic heterocycles. The van der Waals surface area contributed by atoms with Crippen molar-refractivity contribution < 1.29 is 5.11 Å². The maximum Gasteiger partial charge on any atom is 0.119 e. The van der Waals surface area contributed by atoms with Crippen LogP contribution in [0, 0.1) is 0 Å². The summed E-state index contributed by atoms with van der Waals surface area (Å²) < 4.78 is 0. The highest BCUT2D eigenvalue weighted by Gasteiger charge is 2.20. The summed E-state index contributed by atoms with van der Waals surface area (Å²) in [4.78, 5) is 0. The molecular weight excluding hydrogens is 194 g/mol. The Balaban J connectivity index is 2.34. The number of phenols is 1. The summed E-state index contributed by atoms with van der Waals surface area (Å²) in [6, 6.07) is 6.13. The minimum atomic E-state index is 0.364. The van der Waals surface area contributed by atoms with Crippen LogP contribution < -0.4 is 5.32 Å². The van der Waals surface area contributed by atoms with Crippen LogP contribution in [-0.4, -0.2) is 17.4 Å². The Bertz CT molecular complexity index is 327. The van der Waals surface area contributed by atoms with Gasteiger partial charge < -0.3 is 10.4 Å². The third-order valence-electron chi connectivity index (χ3n) is 2.75. The fraction of sp³-hybridized carbons (Fsp3) is 0.455. The monoisotopic (exact) mass is 209 g/mol. The molecule has 1 heterocycles. The smallest absolute Gasteiger partial charge is 0.119 e. The van der Waals surface area contributed by atoms with Crippen molar-refractivity contribution in [3.63, 3.8) is 0 Å². The van der Waals surface area contributed by atoms with Crippen LogP contribution in [0.3, 0.4) is 0 Å². The van der Waals surface area contributed by atoms with E-state index in [4.69, 9.17) is 0 Å². The van der Waals surface area contributed by atoms with Crippen LogP contribution in [0.4, 0.5) is 0 Å². The van der Waals surface area contributed by atoms with Crippen molar-refractivity contribution >= 4 is 12.6 Å². The van der Waals surface area contributed by atoms with Crippen molar-refractivity contribution in [1.29, 1.82) is 0 Å². The minimum Gasteiger partial charge on any atom is -0.508 e. The number of rotatable bonds is 2. The minimum absolute atomic E-state index is 0.364. The molecule has 0 spiro atoms. The van der Waals surface area contributed by atoms with Crippen molar-refractivity contribution in [2.75, 3.05) is 12.3 Å². The Morgan fingerprint density at radius 1 is 1.50 bits per heavy atom. The molecule has 1 aromatic rings. The highest BCUT2D eigenvalue weighted by Crippen LogP contribution is 2.31. The van der Waals surface area contributed by atoms with Gasteiger partial charge in [-0.1, -0.05) is 12.1 Å². The molecule has 0 saturated heterocycles. The van der Waals surface area contributed by atoms with Gasteiger partial charge in [0.25, 0.3) is 0 Å². The number of hydrogen-bond acceptors (Lipinski definition) is 3. The van der Waals surface area contributed by atoms with Crippen LogP contribution in [0.2, 0.25) is 0 Å². The van der Waals surface area contributed by atoms with Gasteiger partial charge in [0, 0.05) is 6.04 Å². The zero-order valence-electron chi connectivity index (χ0n) is 8.03. The lowest BCUT2D eigenvalue weighted by Gasteiger charge is -2.27. The van der Waals surface area contributed by atoms with Gasteiger partial charge in [-0.2, -0.15) is 12.6 Å². The molecule has 3 heteroatoms. The van der Waals surface area contributed by atoms with Crippen LogP contribution in [0.5, 0.6) is 5.75 Å². The van der Waals surface area contributed by atoms with E-state index in [9.17, 15) is 5.11 Å². The maximum absolute atomic E-state index is 9.70. The molecule has 1 aliphatic heterocycles. The number of phenolic OH excluding ortho intramolecular Hbond substituents is 1. The summed E-state index contributed by atoms with van der Waals surface area (Å²) in [5, 5.41) is 13.1. The van der Waals surface area contributed by atoms with Crippen molar-refractivity contribution in [2.24, 2.45) is 0 Å². The number of benzene rings is 1. The quantitative estimate of drug-likeness (QED) is 0.650. The maximum atomic E-state index is 9.70. The van der Waals surface area contributed by atoms with E-state index in [1.54, 1.807) is 6.07 Å². The molecule has 1 unspecified atom stereocenters. The fourth-order valence-electron chi connectivity index (χ4n) is 2.06. The second-order valence-electron chi connectivity index (χ2n) is 3.61. The molecule has 2 N–H and O–H groups in total. The van der Waals surface area contributed by atoms with Crippen LogP contribution in [0.25, 0.3) is 0 Å². The van der Waals surface area contributed by atoms with Gasteiger partial charge >= 0.3 is 0 Å². The van der Waals surface area contributed by atoms with E-state index in [1.807, 2.05) is 6.07 Å². The number of thiol groups is 1. The SMILES string of the molecule is Oc1cccc2c1CCNC2CCS. The Morgan fingerprint density at radius 2 is 2.36 bits per heavy atom. The van der Waals surface area contributed by atoms with Crippen LogP contribution in [0.15, 0.2) is 18.2 Å². The van der Waals surface area contributed by atoms with E-state index >= 15 is 0 Å². The van der Waals surface area contributed by atoms with Crippen molar-refractivity contribution in [3.05, 3.63) is 29.3 Å². The van der Waals surface area contributed by atoms with Gasteiger partial charge in [0.15, 0.2) is 0 Å². The van der Waals surface area contributed by atoms with Gasteiger partial charge in [0.2, 0.25) is 0 Å². The van der Waals surface area contributed by atoms with Crippen molar-refractivity contribution in [1.82, 2.24) is 5.32 Å². The molecule has 0 amide bonds. The van der Waals surface area contributed by atoms with Crippen molar-refractivity contribution in [3.8, 4) is 5.75 Å². The summed E-state index contributed by atoms with van der Waals surface area (Å²) in [5.74, 6) is 1.31. The van der Waals surface area contributed by atoms with E-state index < -0.39 is 0 Å². The number of hydrogen-bond donors (Lipinski definition) is 3. The van der Waals surface area contributed by atoms with E-state index in [-0.39, 0.29) is 0 Å². The molecule has 2 rings (SSSR count). The van der Waals surface area contributed by atoms with Gasteiger partial charge in [0.1, 0.15) is 5.75 Å². The Kier molecular flexibility index (Phi) is 2.99. The van der Waals surface area contributed by atoms with E-state index in [0.717, 1.165) is 30.7 Å². The first-order chi connectivity index (χ1) is 6.83. The third kappa shape index (κ3) is 1.74. The van der Waals surface area contributed by atoms with Gasteiger partial charge in [-0.25, -0.2) is 0 Å². The van der Waals surface area contributed by atoms with Gasteiger partial charge in [-0.15, -0.1) is 0 Å². The molecule has 76 valence electrons. The highest BCUT2D eigenvalue weighted by atomic mass is 32.1. The first kappa shape index (κ1) is 9.87. The molecule has 0 aliphatic carbocycles.